The minimum absolute atomic E-state index is 0.0584. The molecule has 3 atom stereocenters. The summed E-state index contributed by atoms with van der Waals surface area (Å²) in [5.41, 5.74) is 1.34. The number of likely N-dealkylation sites (tertiary alicyclic amines) is 1. The molecule has 0 bridgehead atoms. The summed E-state index contributed by atoms with van der Waals surface area (Å²) in [5, 5.41) is 28.8. The van der Waals surface area contributed by atoms with Crippen molar-refractivity contribution in [2.24, 2.45) is 0 Å². The van der Waals surface area contributed by atoms with Gasteiger partial charge in [0.1, 0.15) is 23.0 Å². The number of nitrogens with zero attached hydrogens (tertiary/aromatic N) is 5. The van der Waals surface area contributed by atoms with Gasteiger partial charge in [-0.25, -0.2) is 4.98 Å². The largest absolute Gasteiger partial charge is 0.489 e. The Labute approximate surface area is 198 Å². The number of aliphatic hydroxyl groups excluding tert-OH is 2. The van der Waals surface area contributed by atoms with Crippen molar-refractivity contribution >= 4 is 16.6 Å². The van der Waals surface area contributed by atoms with Crippen molar-refractivity contribution in [2.45, 2.75) is 44.4 Å². The van der Waals surface area contributed by atoms with Crippen molar-refractivity contribution in [2.75, 3.05) is 13.1 Å². The van der Waals surface area contributed by atoms with E-state index < -0.39 is 24.4 Å². The summed E-state index contributed by atoms with van der Waals surface area (Å²) >= 11 is 0. The molecule has 8 nitrogen and oxygen atoms in total. The van der Waals surface area contributed by atoms with Crippen LogP contribution in [0.25, 0.3) is 28.1 Å². The number of rotatable bonds is 5. The van der Waals surface area contributed by atoms with Crippen LogP contribution in [0, 0.1) is 0 Å². The van der Waals surface area contributed by atoms with Crippen molar-refractivity contribution in [3.63, 3.8) is 0 Å². The Morgan fingerprint density at radius 2 is 1.74 bits per heavy atom. The van der Waals surface area contributed by atoms with E-state index in [0.29, 0.717) is 22.6 Å². The number of fused-ring (bicyclic) bond motifs is 2. The summed E-state index contributed by atoms with van der Waals surface area (Å²) in [4.78, 5) is 5.73. The van der Waals surface area contributed by atoms with Crippen LogP contribution in [0.1, 0.15) is 25.5 Å². The number of hydrogen-bond acceptors (Lipinski definition) is 7. The molecule has 1 aromatic carbocycles. The molecular weight excluding hydrogens is 463 g/mol. The van der Waals surface area contributed by atoms with Crippen molar-refractivity contribution in [1.82, 2.24) is 24.5 Å². The molecule has 5 rings (SSSR count). The molecule has 0 amide bonds. The van der Waals surface area contributed by atoms with E-state index in [1.165, 1.54) is 22.7 Å². The summed E-state index contributed by atoms with van der Waals surface area (Å²) in [6.07, 6.45) is -5.83. The lowest BCUT2D eigenvalue weighted by Crippen LogP contribution is -2.38. The number of ether oxygens (including phenoxy) is 1. The van der Waals surface area contributed by atoms with E-state index >= 15 is 0 Å². The second-order valence-electron chi connectivity index (χ2n) is 8.94. The van der Waals surface area contributed by atoms with Gasteiger partial charge in [0.15, 0.2) is 11.5 Å². The van der Waals surface area contributed by atoms with Crippen molar-refractivity contribution < 1.29 is 28.1 Å². The summed E-state index contributed by atoms with van der Waals surface area (Å²) in [6, 6.07) is 9.94. The Hall–Kier alpha value is -3.28. The highest BCUT2D eigenvalue weighted by molar-refractivity contribution is 5.86. The third-order valence-corrected chi connectivity index (χ3v) is 5.98. The normalized spacial score (nSPS) is 20.2. The maximum absolute atomic E-state index is 14.1. The van der Waals surface area contributed by atoms with Crippen LogP contribution < -0.4 is 4.74 Å². The van der Waals surface area contributed by atoms with Crippen molar-refractivity contribution in [3.05, 3.63) is 54.2 Å². The molecular formula is C24H24F3N5O3. The zero-order valence-electron chi connectivity index (χ0n) is 19.0. The first-order valence-corrected chi connectivity index (χ1v) is 11.2. The molecule has 11 heteroatoms. The highest BCUT2D eigenvalue weighted by Crippen LogP contribution is 2.40. The number of alkyl halides is 3. The van der Waals surface area contributed by atoms with Crippen LogP contribution in [0.3, 0.4) is 0 Å². The maximum Gasteiger partial charge on any atom is 0.408 e. The fraction of sp³-hybridized carbons (Fsp3) is 0.375. The standard InChI is InChI=1S/C24H24F3N5O3/c1-13(2)35-19-5-3-4-14-6-8-16(28-21(14)19)23-30-29-20-9-7-15(10-32(20)23)22(24(25,26)27)31-11-17(33)18(34)12-31/h3-10,13,17-18,22,33-34H,11-12H2,1-2H3. The molecule has 35 heavy (non-hydrogen) atoms. The van der Waals surface area contributed by atoms with Gasteiger partial charge in [-0.1, -0.05) is 24.3 Å². The molecule has 1 aliphatic heterocycles. The first-order valence-electron chi connectivity index (χ1n) is 11.2. The molecule has 1 saturated heterocycles. The molecule has 3 unspecified atom stereocenters. The molecule has 4 aromatic rings. The summed E-state index contributed by atoms with van der Waals surface area (Å²) in [7, 11) is 0. The van der Waals surface area contributed by atoms with Gasteiger partial charge < -0.3 is 14.9 Å². The van der Waals surface area contributed by atoms with Crippen LogP contribution in [0.2, 0.25) is 0 Å². The minimum Gasteiger partial charge on any atom is -0.489 e. The van der Waals surface area contributed by atoms with Crippen LogP contribution in [0.5, 0.6) is 5.75 Å². The van der Waals surface area contributed by atoms with Crippen LogP contribution in [-0.4, -0.2) is 72.3 Å². The highest BCUT2D eigenvalue weighted by Gasteiger charge is 2.48. The summed E-state index contributed by atoms with van der Waals surface area (Å²) < 4.78 is 49.7. The van der Waals surface area contributed by atoms with E-state index in [1.807, 2.05) is 38.1 Å². The van der Waals surface area contributed by atoms with Gasteiger partial charge in [-0.2, -0.15) is 13.2 Å². The second kappa shape index (κ2) is 8.74. The molecule has 4 heterocycles. The van der Waals surface area contributed by atoms with E-state index in [4.69, 9.17) is 9.72 Å². The molecule has 184 valence electrons. The molecule has 2 N–H and O–H groups in total. The molecule has 0 radical (unpaired) electrons. The Morgan fingerprint density at radius 1 is 1.00 bits per heavy atom. The molecule has 1 fully saturated rings. The number of para-hydroxylation sites is 1. The number of β-amino-alcohol motifs (C(OH)–C–C–N with tert-alkyl or cyclic N) is 2. The van der Waals surface area contributed by atoms with Gasteiger partial charge in [0, 0.05) is 24.7 Å². The number of aliphatic hydroxyl groups is 2. The van der Waals surface area contributed by atoms with E-state index in [1.54, 1.807) is 6.07 Å². The van der Waals surface area contributed by atoms with Gasteiger partial charge in [0.25, 0.3) is 0 Å². The topological polar surface area (TPSA) is 96.0 Å². The Bertz CT molecular complexity index is 1360. The number of benzene rings is 1. The van der Waals surface area contributed by atoms with Gasteiger partial charge in [-0.3, -0.25) is 9.30 Å². The zero-order chi connectivity index (χ0) is 24.9. The Kier molecular flexibility index (Phi) is 5.86. The van der Waals surface area contributed by atoms with Crippen LogP contribution in [-0.2, 0) is 0 Å². The average molecular weight is 487 g/mol. The molecule has 0 saturated carbocycles. The highest BCUT2D eigenvalue weighted by atomic mass is 19.4. The third kappa shape index (κ3) is 4.42. The Morgan fingerprint density at radius 3 is 2.43 bits per heavy atom. The van der Waals surface area contributed by atoms with E-state index in [2.05, 4.69) is 10.2 Å². The van der Waals surface area contributed by atoms with Crippen LogP contribution >= 0.6 is 0 Å². The lowest BCUT2D eigenvalue weighted by atomic mass is 10.1. The molecule has 0 aliphatic carbocycles. The zero-order valence-corrected chi connectivity index (χ0v) is 19.0. The van der Waals surface area contributed by atoms with E-state index in [0.717, 1.165) is 10.3 Å². The lowest BCUT2D eigenvalue weighted by molar-refractivity contribution is -0.185. The Balaban J connectivity index is 1.60. The van der Waals surface area contributed by atoms with Crippen LogP contribution in [0.15, 0.2) is 48.7 Å². The first-order chi connectivity index (χ1) is 16.6. The fourth-order valence-corrected chi connectivity index (χ4v) is 4.45. The molecule has 1 aliphatic rings. The number of aromatic nitrogens is 4. The van der Waals surface area contributed by atoms with Crippen molar-refractivity contribution in [3.8, 4) is 17.3 Å². The van der Waals surface area contributed by atoms with E-state index in [9.17, 15) is 23.4 Å². The smallest absolute Gasteiger partial charge is 0.408 e. The van der Waals surface area contributed by atoms with Crippen molar-refractivity contribution in [1.29, 1.82) is 0 Å². The van der Waals surface area contributed by atoms with Gasteiger partial charge >= 0.3 is 6.18 Å². The first kappa shape index (κ1) is 23.5. The van der Waals surface area contributed by atoms with Gasteiger partial charge in [0.05, 0.1) is 18.3 Å². The quantitative estimate of drug-likeness (QED) is 0.446. The van der Waals surface area contributed by atoms with Crippen LogP contribution in [0.4, 0.5) is 13.2 Å². The SMILES string of the molecule is CC(C)Oc1cccc2ccc(-c3nnc4ccc(C(N5CC(O)C(O)C5)C(F)(F)F)cn34)nc12. The second-order valence-corrected chi connectivity index (χ2v) is 8.94. The minimum atomic E-state index is -4.63. The predicted octanol–water partition coefficient (Wildman–Crippen LogP) is 3.37. The summed E-state index contributed by atoms with van der Waals surface area (Å²) in [5.74, 6) is 0.877. The average Bonchev–Trinajstić information content (AvgIpc) is 3.35. The van der Waals surface area contributed by atoms with Gasteiger partial charge in [-0.05, 0) is 37.6 Å². The number of pyridine rings is 2. The predicted molar refractivity (Wildman–Crippen MR) is 122 cm³/mol. The lowest BCUT2D eigenvalue weighted by Gasteiger charge is -2.29. The third-order valence-electron chi connectivity index (χ3n) is 5.98. The van der Waals surface area contributed by atoms with Gasteiger partial charge in [-0.15, -0.1) is 10.2 Å². The maximum atomic E-state index is 14.1. The monoisotopic (exact) mass is 487 g/mol. The molecule has 0 spiro atoms. The summed E-state index contributed by atoms with van der Waals surface area (Å²) in [6.45, 7) is 3.24. The van der Waals surface area contributed by atoms with Gasteiger partial charge in [0.2, 0.25) is 0 Å². The number of hydrogen-bond donors (Lipinski definition) is 2. The number of halogens is 3. The molecule has 3 aromatic heterocycles. The fourth-order valence-electron chi connectivity index (χ4n) is 4.45. The van der Waals surface area contributed by atoms with E-state index in [-0.39, 0.29) is 30.6 Å².